The highest BCUT2D eigenvalue weighted by Gasteiger charge is 2.08. The summed E-state index contributed by atoms with van der Waals surface area (Å²) in [6, 6.07) is 5.20. The summed E-state index contributed by atoms with van der Waals surface area (Å²) in [7, 11) is 0. The second kappa shape index (κ2) is 7.13. The maximum atomic E-state index is 9.87. The van der Waals surface area contributed by atoms with Crippen LogP contribution in [-0.4, -0.2) is 18.2 Å². The Morgan fingerprint density at radius 3 is 2.69 bits per heavy atom. The lowest BCUT2D eigenvalue weighted by Gasteiger charge is -2.12. The molecule has 2 N–H and O–H groups in total. The van der Waals surface area contributed by atoms with E-state index in [-0.39, 0.29) is 0 Å². The van der Waals surface area contributed by atoms with E-state index in [4.69, 9.17) is 23.2 Å². The van der Waals surface area contributed by atoms with E-state index < -0.39 is 6.10 Å². The van der Waals surface area contributed by atoms with Crippen LogP contribution in [0.15, 0.2) is 18.2 Å². The van der Waals surface area contributed by atoms with Crippen LogP contribution in [0.25, 0.3) is 0 Å². The molecule has 0 bridgehead atoms. The van der Waals surface area contributed by atoms with Gasteiger partial charge in [-0.15, -0.1) is 0 Å². The zero-order valence-corrected chi connectivity index (χ0v) is 10.9. The first kappa shape index (κ1) is 13.8. The largest absolute Gasteiger partial charge is 0.387 e. The lowest BCUT2D eigenvalue weighted by Crippen LogP contribution is -2.22. The Balaban J connectivity index is 2.46. The van der Waals surface area contributed by atoms with Gasteiger partial charge in [0, 0.05) is 6.54 Å². The molecule has 2 nitrogen and oxygen atoms in total. The maximum absolute atomic E-state index is 9.87. The molecule has 0 aliphatic rings. The van der Waals surface area contributed by atoms with Gasteiger partial charge < -0.3 is 10.4 Å². The molecule has 4 heteroatoms. The van der Waals surface area contributed by atoms with Gasteiger partial charge in [-0.3, -0.25) is 0 Å². The van der Waals surface area contributed by atoms with E-state index in [0.717, 1.165) is 24.9 Å². The van der Waals surface area contributed by atoms with Crippen LogP contribution >= 0.6 is 23.2 Å². The van der Waals surface area contributed by atoms with E-state index in [1.807, 2.05) is 0 Å². The Hall–Kier alpha value is -0.280. The van der Waals surface area contributed by atoms with Crippen molar-refractivity contribution in [1.29, 1.82) is 0 Å². The Morgan fingerprint density at radius 2 is 2.06 bits per heavy atom. The number of unbranched alkanes of at least 4 members (excludes halogenated alkanes) is 1. The number of aliphatic hydroxyl groups excluding tert-OH is 1. The van der Waals surface area contributed by atoms with E-state index in [0.29, 0.717) is 16.6 Å². The summed E-state index contributed by atoms with van der Waals surface area (Å²) in [6.45, 7) is 3.60. The molecule has 1 aromatic carbocycles. The first-order valence-corrected chi connectivity index (χ1v) is 6.24. The summed E-state index contributed by atoms with van der Waals surface area (Å²) >= 11 is 11.7. The quantitative estimate of drug-likeness (QED) is 0.770. The van der Waals surface area contributed by atoms with Crippen molar-refractivity contribution in [2.24, 2.45) is 0 Å². The van der Waals surface area contributed by atoms with Crippen LogP contribution < -0.4 is 5.32 Å². The van der Waals surface area contributed by atoms with Crippen LogP contribution in [0, 0.1) is 0 Å². The molecule has 0 saturated carbocycles. The summed E-state index contributed by atoms with van der Waals surface area (Å²) in [5.41, 5.74) is 0.790. The molecule has 16 heavy (non-hydrogen) atoms. The molecular weight excluding hydrogens is 245 g/mol. The van der Waals surface area contributed by atoms with E-state index >= 15 is 0 Å². The topological polar surface area (TPSA) is 32.3 Å². The van der Waals surface area contributed by atoms with E-state index in [2.05, 4.69) is 12.2 Å². The first-order chi connectivity index (χ1) is 7.65. The van der Waals surface area contributed by atoms with Gasteiger partial charge in [-0.1, -0.05) is 42.6 Å². The average Bonchev–Trinajstić information content (AvgIpc) is 2.28. The molecule has 90 valence electrons. The van der Waals surface area contributed by atoms with Crippen molar-refractivity contribution in [3.63, 3.8) is 0 Å². The molecule has 1 rings (SSSR count). The lowest BCUT2D eigenvalue weighted by molar-refractivity contribution is 0.175. The van der Waals surface area contributed by atoms with Gasteiger partial charge in [0.1, 0.15) is 0 Å². The van der Waals surface area contributed by atoms with E-state index in [9.17, 15) is 5.11 Å². The second-order valence-electron chi connectivity index (χ2n) is 3.75. The first-order valence-electron chi connectivity index (χ1n) is 5.49. The van der Waals surface area contributed by atoms with Gasteiger partial charge in [0.2, 0.25) is 0 Å². The number of hydrogen-bond donors (Lipinski definition) is 2. The lowest BCUT2D eigenvalue weighted by atomic mass is 10.1. The van der Waals surface area contributed by atoms with Gasteiger partial charge in [0.25, 0.3) is 0 Å². The minimum absolute atomic E-state index is 0.478. The summed E-state index contributed by atoms with van der Waals surface area (Å²) in [5.74, 6) is 0. The molecule has 0 aliphatic heterocycles. The fourth-order valence-electron chi connectivity index (χ4n) is 1.38. The molecule has 0 radical (unpaired) electrons. The smallest absolute Gasteiger partial charge is 0.0914 e. The van der Waals surface area contributed by atoms with Crippen LogP contribution in [0.5, 0.6) is 0 Å². The fourth-order valence-corrected chi connectivity index (χ4v) is 1.68. The van der Waals surface area contributed by atoms with Crippen molar-refractivity contribution >= 4 is 23.2 Å². The number of rotatable bonds is 6. The number of halogens is 2. The Morgan fingerprint density at radius 1 is 1.31 bits per heavy atom. The highest BCUT2D eigenvalue weighted by Crippen LogP contribution is 2.25. The van der Waals surface area contributed by atoms with Crippen LogP contribution in [-0.2, 0) is 0 Å². The van der Waals surface area contributed by atoms with Crippen molar-refractivity contribution in [2.75, 3.05) is 13.1 Å². The van der Waals surface area contributed by atoms with Crippen molar-refractivity contribution in [2.45, 2.75) is 25.9 Å². The van der Waals surface area contributed by atoms with E-state index in [1.165, 1.54) is 0 Å². The van der Waals surface area contributed by atoms with Crippen LogP contribution in [0.2, 0.25) is 10.0 Å². The van der Waals surface area contributed by atoms with Crippen molar-refractivity contribution in [3.05, 3.63) is 33.8 Å². The molecule has 0 heterocycles. The van der Waals surface area contributed by atoms with Gasteiger partial charge in [-0.25, -0.2) is 0 Å². The minimum atomic E-state index is -0.536. The molecule has 0 fully saturated rings. The summed E-state index contributed by atoms with van der Waals surface area (Å²) in [4.78, 5) is 0. The van der Waals surface area contributed by atoms with Crippen LogP contribution in [0.3, 0.4) is 0 Å². The summed E-state index contributed by atoms with van der Waals surface area (Å²) in [5, 5.41) is 14.1. The van der Waals surface area contributed by atoms with Gasteiger partial charge in [0.15, 0.2) is 0 Å². The molecule has 1 aromatic rings. The highest BCUT2D eigenvalue weighted by molar-refractivity contribution is 6.42. The van der Waals surface area contributed by atoms with Crippen molar-refractivity contribution in [3.8, 4) is 0 Å². The monoisotopic (exact) mass is 261 g/mol. The predicted octanol–water partition coefficient (Wildman–Crippen LogP) is 3.42. The second-order valence-corrected chi connectivity index (χ2v) is 4.56. The molecule has 0 saturated heterocycles. The maximum Gasteiger partial charge on any atom is 0.0914 e. The van der Waals surface area contributed by atoms with Gasteiger partial charge >= 0.3 is 0 Å². The van der Waals surface area contributed by atoms with Crippen molar-refractivity contribution in [1.82, 2.24) is 5.32 Å². The highest BCUT2D eigenvalue weighted by atomic mass is 35.5. The fraction of sp³-hybridized carbons (Fsp3) is 0.500. The molecule has 1 atom stereocenters. The molecule has 0 amide bonds. The zero-order valence-electron chi connectivity index (χ0n) is 9.34. The Labute approximate surface area is 107 Å². The normalized spacial score (nSPS) is 12.8. The number of aliphatic hydroxyl groups is 1. The number of hydrogen-bond acceptors (Lipinski definition) is 2. The molecule has 0 aliphatic carbocycles. The average molecular weight is 262 g/mol. The van der Waals surface area contributed by atoms with Crippen LogP contribution in [0.1, 0.15) is 31.4 Å². The number of benzene rings is 1. The molecule has 0 spiro atoms. The van der Waals surface area contributed by atoms with Gasteiger partial charge in [0.05, 0.1) is 16.1 Å². The summed E-state index contributed by atoms with van der Waals surface area (Å²) < 4.78 is 0. The Bertz CT molecular complexity index is 331. The predicted molar refractivity (Wildman–Crippen MR) is 69.2 cm³/mol. The third kappa shape index (κ3) is 4.30. The minimum Gasteiger partial charge on any atom is -0.387 e. The molecular formula is C12H17Cl2NO. The van der Waals surface area contributed by atoms with E-state index in [1.54, 1.807) is 18.2 Å². The Kier molecular flexibility index (Phi) is 6.14. The van der Waals surface area contributed by atoms with Gasteiger partial charge in [-0.2, -0.15) is 0 Å². The molecule has 0 aromatic heterocycles. The standard InChI is InChI=1S/C12H17Cl2NO/c1-2-3-6-15-8-12(16)9-4-5-10(13)11(14)7-9/h4-5,7,12,15-16H,2-3,6,8H2,1H3. The third-order valence-corrected chi connectivity index (χ3v) is 3.11. The van der Waals surface area contributed by atoms with Crippen LogP contribution in [0.4, 0.5) is 0 Å². The third-order valence-electron chi connectivity index (χ3n) is 2.37. The summed E-state index contributed by atoms with van der Waals surface area (Å²) in [6.07, 6.45) is 1.73. The SMILES string of the molecule is CCCCNCC(O)c1ccc(Cl)c(Cl)c1. The molecule has 1 unspecified atom stereocenters. The van der Waals surface area contributed by atoms with Crippen molar-refractivity contribution < 1.29 is 5.11 Å². The zero-order chi connectivity index (χ0) is 12.0. The van der Waals surface area contributed by atoms with Gasteiger partial charge in [-0.05, 0) is 30.7 Å². The number of nitrogens with one attached hydrogen (secondary N) is 1.